The lowest BCUT2D eigenvalue weighted by atomic mass is 10.2. The van der Waals surface area contributed by atoms with Gasteiger partial charge in [-0.15, -0.1) is 0 Å². The number of carbonyl (C=O) groups is 1. The highest BCUT2D eigenvalue weighted by atomic mass is 35.5. The number of hydrogen-bond acceptors (Lipinski definition) is 2. The van der Waals surface area contributed by atoms with Crippen LogP contribution in [0, 0.1) is 5.82 Å². The fourth-order valence-electron chi connectivity index (χ4n) is 1.71. The lowest BCUT2D eigenvalue weighted by molar-refractivity contribution is 0.0735. The van der Waals surface area contributed by atoms with E-state index in [-0.39, 0.29) is 16.5 Å². The van der Waals surface area contributed by atoms with E-state index in [2.05, 4.69) is 5.32 Å². The van der Waals surface area contributed by atoms with Crippen molar-refractivity contribution in [1.82, 2.24) is 10.2 Å². The summed E-state index contributed by atoms with van der Waals surface area (Å²) in [6, 6.07) is 4.29. The van der Waals surface area contributed by atoms with E-state index >= 15 is 0 Å². The van der Waals surface area contributed by atoms with Crippen LogP contribution in [0.1, 0.15) is 10.4 Å². The van der Waals surface area contributed by atoms with Gasteiger partial charge in [0.15, 0.2) is 0 Å². The molecule has 0 saturated carbocycles. The van der Waals surface area contributed by atoms with Crippen LogP contribution in [-0.4, -0.2) is 37.0 Å². The van der Waals surface area contributed by atoms with Crippen LogP contribution >= 0.6 is 11.6 Å². The molecular weight excluding hydrogens is 231 g/mol. The zero-order valence-corrected chi connectivity index (χ0v) is 9.43. The fraction of sp³-hybridized carbons (Fsp3) is 0.364. The molecule has 3 nitrogen and oxygen atoms in total. The van der Waals surface area contributed by atoms with E-state index in [0.717, 1.165) is 13.1 Å². The maximum atomic E-state index is 13.2. The Hall–Kier alpha value is -1.13. The third kappa shape index (κ3) is 2.18. The van der Waals surface area contributed by atoms with Gasteiger partial charge in [-0.2, -0.15) is 0 Å². The maximum Gasteiger partial charge on any atom is 0.255 e. The van der Waals surface area contributed by atoms with Gasteiger partial charge in [0, 0.05) is 26.2 Å². The number of nitrogens with zero attached hydrogens (tertiary/aromatic N) is 1. The average molecular weight is 243 g/mol. The van der Waals surface area contributed by atoms with E-state index in [9.17, 15) is 9.18 Å². The number of piperazine rings is 1. The van der Waals surface area contributed by atoms with Crippen molar-refractivity contribution in [3.8, 4) is 0 Å². The van der Waals surface area contributed by atoms with Crippen molar-refractivity contribution in [2.45, 2.75) is 0 Å². The summed E-state index contributed by atoms with van der Waals surface area (Å²) in [7, 11) is 0. The van der Waals surface area contributed by atoms with Crippen LogP contribution in [0.15, 0.2) is 18.2 Å². The molecule has 0 unspecified atom stereocenters. The van der Waals surface area contributed by atoms with Crippen molar-refractivity contribution in [2.75, 3.05) is 26.2 Å². The average Bonchev–Trinajstić information content (AvgIpc) is 2.33. The highest BCUT2D eigenvalue weighted by Gasteiger charge is 2.21. The smallest absolute Gasteiger partial charge is 0.255 e. The normalized spacial score (nSPS) is 16.2. The van der Waals surface area contributed by atoms with E-state index in [1.165, 1.54) is 12.1 Å². The first-order chi connectivity index (χ1) is 7.70. The summed E-state index contributed by atoms with van der Waals surface area (Å²) in [5.74, 6) is -0.756. The van der Waals surface area contributed by atoms with Crippen molar-refractivity contribution < 1.29 is 9.18 Å². The van der Waals surface area contributed by atoms with Crippen molar-refractivity contribution in [2.24, 2.45) is 0 Å². The van der Waals surface area contributed by atoms with Gasteiger partial charge in [-0.25, -0.2) is 4.39 Å². The standard InChI is InChI=1S/C11H12ClFN2O/c12-10-8(2-1-3-9(10)13)11(16)15-6-4-14-5-7-15/h1-3,14H,4-7H2. The molecule has 16 heavy (non-hydrogen) atoms. The Kier molecular flexibility index (Phi) is 3.41. The van der Waals surface area contributed by atoms with Crippen LogP contribution in [0.3, 0.4) is 0 Å². The lowest BCUT2D eigenvalue weighted by Gasteiger charge is -2.27. The van der Waals surface area contributed by atoms with Crippen molar-refractivity contribution >= 4 is 17.5 Å². The Balaban J connectivity index is 2.22. The molecule has 86 valence electrons. The second-order valence-corrected chi connectivity index (χ2v) is 4.02. The molecule has 5 heteroatoms. The zero-order chi connectivity index (χ0) is 11.5. The van der Waals surface area contributed by atoms with Gasteiger partial charge in [0.05, 0.1) is 10.6 Å². The Morgan fingerprint density at radius 1 is 1.38 bits per heavy atom. The molecule has 0 aliphatic carbocycles. The summed E-state index contributed by atoms with van der Waals surface area (Å²) in [6.07, 6.45) is 0. The molecule has 0 aromatic heterocycles. The summed E-state index contributed by atoms with van der Waals surface area (Å²) in [5, 5.41) is 3.05. The first-order valence-corrected chi connectivity index (χ1v) is 5.52. The molecule has 1 aliphatic heterocycles. The monoisotopic (exact) mass is 242 g/mol. The molecule has 1 saturated heterocycles. The van der Waals surface area contributed by atoms with Crippen LogP contribution in [0.5, 0.6) is 0 Å². The minimum atomic E-state index is -0.553. The number of amides is 1. The van der Waals surface area contributed by atoms with E-state index < -0.39 is 5.82 Å². The molecule has 0 spiro atoms. The molecular formula is C11H12ClFN2O. The minimum Gasteiger partial charge on any atom is -0.336 e. The Morgan fingerprint density at radius 2 is 2.06 bits per heavy atom. The molecule has 0 atom stereocenters. The van der Waals surface area contributed by atoms with E-state index in [1.54, 1.807) is 11.0 Å². The summed E-state index contributed by atoms with van der Waals surface area (Å²) >= 11 is 5.77. The maximum absolute atomic E-state index is 13.2. The quantitative estimate of drug-likeness (QED) is 0.810. The van der Waals surface area contributed by atoms with Crippen LogP contribution in [0.4, 0.5) is 4.39 Å². The predicted octanol–water partition coefficient (Wildman–Crippen LogP) is 1.52. The fourth-order valence-corrected chi connectivity index (χ4v) is 1.91. The zero-order valence-electron chi connectivity index (χ0n) is 8.67. The topological polar surface area (TPSA) is 32.3 Å². The number of carbonyl (C=O) groups excluding carboxylic acids is 1. The predicted molar refractivity (Wildman–Crippen MR) is 60.2 cm³/mol. The molecule has 1 aromatic rings. The van der Waals surface area contributed by atoms with Crippen molar-refractivity contribution in [1.29, 1.82) is 0 Å². The molecule has 0 radical (unpaired) electrons. The molecule has 1 aliphatic rings. The Morgan fingerprint density at radius 3 is 2.75 bits per heavy atom. The van der Waals surface area contributed by atoms with Crippen LogP contribution < -0.4 is 5.32 Å². The summed E-state index contributed by atoms with van der Waals surface area (Å²) in [6.45, 7) is 2.79. The van der Waals surface area contributed by atoms with Gasteiger partial charge in [0.25, 0.3) is 5.91 Å². The van der Waals surface area contributed by atoms with Crippen LogP contribution in [0.2, 0.25) is 5.02 Å². The first kappa shape index (κ1) is 11.4. The van der Waals surface area contributed by atoms with E-state index in [0.29, 0.717) is 13.1 Å². The SMILES string of the molecule is O=C(c1cccc(F)c1Cl)N1CCNCC1. The molecule has 2 rings (SSSR count). The van der Waals surface area contributed by atoms with Gasteiger partial charge in [0.2, 0.25) is 0 Å². The molecule has 1 amide bonds. The summed E-state index contributed by atoms with van der Waals surface area (Å²) < 4.78 is 13.2. The summed E-state index contributed by atoms with van der Waals surface area (Å²) in [4.78, 5) is 13.7. The second kappa shape index (κ2) is 4.80. The van der Waals surface area contributed by atoms with Gasteiger partial charge >= 0.3 is 0 Å². The number of rotatable bonds is 1. The second-order valence-electron chi connectivity index (χ2n) is 3.64. The van der Waals surface area contributed by atoms with Gasteiger partial charge in [0.1, 0.15) is 5.82 Å². The van der Waals surface area contributed by atoms with Gasteiger partial charge < -0.3 is 10.2 Å². The number of nitrogens with one attached hydrogen (secondary N) is 1. The number of halogens is 2. The molecule has 1 fully saturated rings. The van der Waals surface area contributed by atoms with Crippen LogP contribution in [-0.2, 0) is 0 Å². The molecule has 1 aromatic carbocycles. The Labute approximate surface area is 98.2 Å². The van der Waals surface area contributed by atoms with E-state index in [4.69, 9.17) is 11.6 Å². The van der Waals surface area contributed by atoms with Gasteiger partial charge in [-0.1, -0.05) is 17.7 Å². The van der Waals surface area contributed by atoms with E-state index in [1.807, 2.05) is 0 Å². The number of hydrogen-bond donors (Lipinski definition) is 1. The van der Waals surface area contributed by atoms with Crippen molar-refractivity contribution in [3.05, 3.63) is 34.6 Å². The van der Waals surface area contributed by atoms with Gasteiger partial charge in [-0.3, -0.25) is 4.79 Å². The third-order valence-electron chi connectivity index (χ3n) is 2.59. The third-order valence-corrected chi connectivity index (χ3v) is 2.97. The molecule has 1 N–H and O–H groups in total. The minimum absolute atomic E-state index is 0.0916. The Bertz CT molecular complexity index is 405. The first-order valence-electron chi connectivity index (χ1n) is 5.14. The number of benzene rings is 1. The van der Waals surface area contributed by atoms with Gasteiger partial charge in [-0.05, 0) is 12.1 Å². The summed E-state index contributed by atoms with van der Waals surface area (Å²) in [5.41, 5.74) is 0.239. The van der Waals surface area contributed by atoms with Crippen molar-refractivity contribution in [3.63, 3.8) is 0 Å². The highest BCUT2D eigenvalue weighted by molar-refractivity contribution is 6.34. The lowest BCUT2D eigenvalue weighted by Crippen LogP contribution is -2.46. The highest BCUT2D eigenvalue weighted by Crippen LogP contribution is 2.21. The molecule has 1 heterocycles. The largest absolute Gasteiger partial charge is 0.336 e. The molecule has 0 bridgehead atoms. The van der Waals surface area contributed by atoms with Crippen LogP contribution in [0.25, 0.3) is 0 Å².